The van der Waals surface area contributed by atoms with Crippen LogP contribution in [0.3, 0.4) is 0 Å². The summed E-state index contributed by atoms with van der Waals surface area (Å²) in [5.74, 6) is 0. The van der Waals surface area contributed by atoms with Gasteiger partial charge in [-0.3, -0.25) is 0 Å². The number of fused-ring (bicyclic) bond motifs is 5. The molecule has 0 N–H and O–H groups in total. The van der Waals surface area contributed by atoms with E-state index in [9.17, 15) is 0 Å². The fraction of sp³-hybridized carbons (Fsp3) is 0. The Morgan fingerprint density at radius 2 is 0.689 bits per heavy atom. The van der Waals surface area contributed by atoms with Crippen LogP contribution in [0.1, 0.15) is 0 Å². The van der Waals surface area contributed by atoms with Gasteiger partial charge >= 0.3 is 0 Å². The highest BCUT2D eigenvalue weighted by atomic mass is 15.1. The van der Waals surface area contributed by atoms with Crippen molar-refractivity contribution >= 4 is 49.4 Å². The van der Waals surface area contributed by atoms with Crippen LogP contribution in [-0.2, 0) is 0 Å². The van der Waals surface area contributed by atoms with Crippen molar-refractivity contribution in [2.24, 2.45) is 0 Å². The quantitative estimate of drug-likeness (QED) is 0.139. The zero-order chi connectivity index (χ0) is 40.5. The Morgan fingerprint density at radius 1 is 0.213 bits per heavy atom. The summed E-state index contributed by atoms with van der Waals surface area (Å²) in [5.41, 5.74) is 15.3. The number of hydrogen-bond acceptors (Lipinski definition) is 1. The van der Waals surface area contributed by atoms with Crippen molar-refractivity contribution in [3.63, 3.8) is 0 Å². The lowest BCUT2D eigenvalue weighted by Gasteiger charge is -2.27. The smallest absolute Gasteiger partial charge is 0.0468 e. The Bertz CT molecular complexity index is 3320. The van der Waals surface area contributed by atoms with Crippen LogP contribution < -0.4 is 4.90 Å². The van der Waals surface area contributed by atoms with Gasteiger partial charge in [-0.1, -0.05) is 200 Å². The van der Waals surface area contributed by atoms with Crippen molar-refractivity contribution in [2.45, 2.75) is 0 Å². The normalized spacial score (nSPS) is 11.3. The van der Waals surface area contributed by atoms with Crippen molar-refractivity contribution in [2.75, 3.05) is 4.90 Å². The third-order valence-electron chi connectivity index (χ3n) is 12.0. The summed E-state index contributed by atoms with van der Waals surface area (Å²) in [6.07, 6.45) is 0. The molecule has 0 saturated carbocycles. The van der Waals surface area contributed by atoms with Gasteiger partial charge in [0.1, 0.15) is 0 Å². The molecule has 0 heterocycles. The van der Waals surface area contributed by atoms with E-state index in [4.69, 9.17) is 0 Å². The van der Waals surface area contributed by atoms with Crippen LogP contribution in [0.2, 0.25) is 0 Å². The van der Waals surface area contributed by atoms with Crippen molar-refractivity contribution in [3.05, 3.63) is 249 Å². The Hall–Kier alpha value is -8.00. The molecular formula is C60H41N. The van der Waals surface area contributed by atoms with Crippen LogP contribution in [0.5, 0.6) is 0 Å². The molecule has 11 aromatic carbocycles. The zero-order valence-electron chi connectivity index (χ0n) is 33.6. The van der Waals surface area contributed by atoms with Crippen molar-refractivity contribution < 1.29 is 0 Å². The van der Waals surface area contributed by atoms with E-state index in [0.29, 0.717) is 0 Å². The van der Waals surface area contributed by atoms with Crippen LogP contribution in [0.15, 0.2) is 249 Å². The second-order valence-electron chi connectivity index (χ2n) is 15.7. The largest absolute Gasteiger partial charge is 0.310 e. The second-order valence-corrected chi connectivity index (χ2v) is 15.7. The van der Waals surface area contributed by atoms with E-state index in [2.05, 4.69) is 254 Å². The monoisotopic (exact) mass is 775 g/mol. The molecule has 0 aromatic heterocycles. The van der Waals surface area contributed by atoms with Crippen molar-refractivity contribution in [3.8, 4) is 55.6 Å². The first-order valence-electron chi connectivity index (χ1n) is 21.0. The van der Waals surface area contributed by atoms with Gasteiger partial charge in [0, 0.05) is 17.1 Å². The molecule has 0 aliphatic rings. The van der Waals surface area contributed by atoms with Gasteiger partial charge in [-0.25, -0.2) is 0 Å². The minimum Gasteiger partial charge on any atom is -0.310 e. The van der Waals surface area contributed by atoms with Gasteiger partial charge in [-0.2, -0.15) is 0 Å². The molecule has 0 bridgehead atoms. The first-order valence-corrected chi connectivity index (χ1v) is 21.0. The average molecular weight is 776 g/mol. The van der Waals surface area contributed by atoms with Gasteiger partial charge < -0.3 is 4.90 Å². The molecule has 0 spiro atoms. The molecule has 0 atom stereocenters. The van der Waals surface area contributed by atoms with Gasteiger partial charge in [0.2, 0.25) is 0 Å². The minimum absolute atomic E-state index is 1.09. The summed E-state index contributed by atoms with van der Waals surface area (Å²) in [5, 5.41) is 7.68. The first-order chi connectivity index (χ1) is 30.2. The SMILES string of the molecule is c1ccc(-c2ccc(N(c3ccc(-c4cccc(-c5cc6ccc7ccccc7c6c6ccccc56)c4)cc3)c3ccc(-c4ccccc4)c(-c4ccccc4)c3)cc2)cc1. The lowest BCUT2D eigenvalue weighted by molar-refractivity contribution is 1.28. The number of hydrogen-bond donors (Lipinski definition) is 0. The molecule has 1 nitrogen and oxygen atoms in total. The van der Waals surface area contributed by atoms with E-state index in [1.54, 1.807) is 0 Å². The van der Waals surface area contributed by atoms with Crippen LogP contribution in [0, 0.1) is 0 Å². The zero-order valence-corrected chi connectivity index (χ0v) is 33.6. The molecule has 0 fully saturated rings. The van der Waals surface area contributed by atoms with Crippen LogP contribution in [0.4, 0.5) is 17.1 Å². The molecule has 286 valence electrons. The van der Waals surface area contributed by atoms with Gasteiger partial charge in [0.05, 0.1) is 0 Å². The molecular weight excluding hydrogens is 735 g/mol. The minimum atomic E-state index is 1.09. The molecule has 0 aliphatic carbocycles. The standard InChI is InChI=1S/C60H41N/c1-4-15-42(16-5-1)43-29-33-51(34-30-43)61(53-37-38-54(45-17-6-2-7-18-45)59(41-53)46-19-8-3-9-20-46)52-35-31-44(32-36-52)48-22-14-23-49(39-48)58-40-50-28-27-47-21-10-11-24-55(47)60(50)57-26-13-12-25-56(57)58/h1-41H. The summed E-state index contributed by atoms with van der Waals surface area (Å²) < 4.78 is 0. The Labute approximate surface area is 357 Å². The highest BCUT2D eigenvalue weighted by Gasteiger charge is 2.18. The lowest BCUT2D eigenvalue weighted by Crippen LogP contribution is -2.10. The number of rotatable bonds is 8. The summed E-state index contributed by atoms with van der Waals surface area (Å²) >= 11 is 0. The molecule has 0 radical (unpaired) electrons. The highest BCUT2D eigenvalue weighted by Crippen LogP contribution is 2.43. The van der Waals surface area contributed by atoms with Crippen LogP contribution in [-0.4, -0.2) is 0 Å². The lowest BCUT2D eigenvalue weighted by atomic mass is 9.90. The van der Waals surface area contributed by atoms with Gasteiger partial charge in [-0.05, 0) is 136 Å². The summed E-state index contributed by atoms with van der Waals surface area (Å²) in [4.78, 5) is 2.38. The maximum Gasteiger partial charge on any atom is 0.0468 e. The van der Waals surface area contributed by atoms with Crippen LogP contribution >= 0.6 is 0 Å². The number of benzene rings is 11. The number of anilines is 3. The molecule has 11 aromatic rings. The summed E-state index contributed by atoms with van der Waals surface area (Å²) in [6.45, 7) is 0. The third kappa shape index (κ3) is 6.83. The van der Waals surface area contributed by atoms with Crippen LogP contribution in [0.25, 0.3) is 88.0 Å². The predicted octanol–water partition coefficient (Wildman–Crippen LogP) is 17.0. The molecule has 0 saturated heterocycles. The van der Waals surface area contributed by atoms with E-state index in [1.807, 2.05) is 0 Å². The van der Waals surface area contributed by atoms with Crippen molar-refractivity contribution in [1.82, 2.24) is 0 Å². The van der Waals surface area contributed by atoms with E-state index >= 15 is 0 Å². The Morgan fingerprint density at radius 3 is 1.36 bits per heavy atom. The summed E-state index contributed by atoms with van der Waals surface area (Å²) in [7, 11) is 0. The van der Waals surface area contributed by atoms with E-state index in [-0.39, 0.29) is 0 Å². The van der Waals surface area contributed by atoms with E-state index in [0.717, 1.165) is 17.1 Å². The number of nitrogens with zero attached hydrogens (tertiary/aromatic N) is 1. The molecule has 11 rings (SSSR count). The maximum absolute atomic E-state index is 2.38. The van der Waals surface area contributed by atoms with E-state index in [1.165, 1.54) is 88.0 Å². The summed E-state index contributed by atoms with van der Waals surface area (Å²) in [6, 6.07) is 90.3. The van der Waals surface area contributed by atoms with E-state index < -0.39 is 0 Å². The molecule has 0 unspecified atom stereocenters. The first kappa shape index (κ1) is 36.1. The average Bonchev–Trinajstić information content (AvgIpc) is 3.35. The second kappa shape index (κ2) is 15.6. The molecule has 0 amide bonds. The van der Waals surface area contributed by atoms with Crippen molar-refractivity contribution in [1.29, 1.82) is 0 Å². The fourth-order valence-corrected chi connectivity index (χ4v) is 9.06. The van der Waals surface area contributed by atoms with Gasteiger partial charge in [-0.15, -0.1) is 0 Å². The predicted molar refractivity (Wildman–Crippen MR) is 261 cm³/mol. The molecule has 1 heteroatoms. The maximum atomic E-state index is 2.38. The molecule has 0 aliphatic heterocycles. The van der Waals surface area contributed by atoms with Gasteiger partial charge in [0.25, 0.3) is 0 Å². The fourth-order valence-electron chi connectivity index (χ4n) is 9.06. The topological polar surface area (TPSA) is 3.24 Å². The molecule has 61 heavy (non-hydrogen) atoms. The third-order valence-corrected chi connectivity index (χ3v) is 12.0. The highest BCUT2D eigenvalue weighted by molar-refractivity contribution is 6.23. The Kier molecular flexibility index (Phi) is 9.26. The van der Waals surface area contributed by atoms with Gasteiger partial charge in [0.15, 0.2) is 0 Å². The Balaban J connectivity index is 1.01.